The quantitative estimate of drug-likeness (QED) is 0.849. The summed E-state index contributed by atoms with van der Waals surface area (Å²) < 4.78 is 0. The minimum atomic E-state index is 0.104. The van der Waals surface area contributed by atoms with Crippen LogP contribution in [0.4, 0.5) is 5.69 Å². The number of likely N-dealkylation sites (N-methyl/N-ethyl adjacent to an activating group) is 1. The Balaban J connectivity index is 2.07. The zero-order chi connectivity index (χ0) is 15.6. The van der Waals surface area contributed by atoms with E-state index in [1.165, 1.54) is 23.2 Å². The number of rotatable bonds is 4. The maximum Gasteiger partial charge on any atom is 0.219 e. The molecular weight excluding hydrogens is 262 g/mol. The van der Waals surface area contributed by atoms with E-state index in [0.717, 1.165) is 13.1 Å². The van der Waals surface area contributed by atoms with Gasteiger partial charge in [-0.25, -0.2) is 0 Å². The Labute approximate surface area is 128 Å². The maximum absolute atomic E-state index is 11.3. The van der Waals surface area contributed by atoms with Gasteiger partial charge < -0.3 is 14.7 Å². The summed E-state index contributed by atoms with van der Waals surface area (Å²) in [6.07, 6.45) is 1.22. The first kappa shape index (κ1) is 15.8. The lowest BCUT2D eigenvalue weighted by Gasteiger charge is -2.23. The van der Waals surface area contributed by atoms with E-state index in [1.54, 1.807) is 11.8 Å². The number of anilines is 1. The largest absolute Gasteiger partial charge is 0.370 e. The van der Waals surface area contributed by atoms with Crippen molar-refractivity contribution in [1.29, 1.82) is 0 Å². The number of amides is 1. The Hall–Kier alpha value is -1.55. The Morgan fingerprint density at radius 1 is 1.33 bits per heavy atom. The SMILES string of the molecule is CC(=O)N(C)Cc1ccc(N2CCC(N(C)C)C2)cc1C. The first-order chi connectivity index (χ1) is 9.88. The molecule has 1 aliphatic heterocycles. The fourth-order valence-electron chi connectivity index (χ4n) is 2.82. The molecular formula is C17H27N3O. The molecule has 4 heteroatoms. The molecule has 1 amide bonds. The van der Waals surface area contributed by atoms with Gasteiger partial charge in [-0.2, -0.15) is 0 Å². The molecule has 0 bridgehead atoms. The normalized spacial score (nSPS) is 18.4. The van der Waals surface area contributed by atoms with E-state index in [9.17, 15) is 4.79 Å². The molecule has 0 aliphatic carbocycles. The zero-order valence-electron chi connectivity index (χ0n) is 13.9. The van der Waals surface area contributed by atoms with Gasteiger partial charge in [-0.05, 0) is 50.7 Å². The monoisotopic (exact) mass is 289 g/mol. The van der Waals surface area contributed by atoms with Gasteiger partial charge in [0.2, 0.25) is 5.91 Å². The van der Waals surface area contributed by atoms with Gasteiger partial charge >= 0.3 is 0 Å². The molecule has 116 valence electrons. The van der Waals surface area contributed by atoms with Crippen LogP contribution in [0.15, 0.2) is 18.2 Å². The second-order valence-electron chi connectivity index (χ2n) is 6.34. The first-order valence-corrected chi connectivity index (χ1v) is 7.61. The van der Waals surface area contributed by atoms with Crippen molar-refractivity contribution >= 4 is 11.6 Å². The van der Waals surface area contributed by atoms with Gasteiger partial charge in [0.25, 0.3) is 0 Å². The average molecular weight is 289 g/mol. The van der Waals surface area contributed by atoms with E-state index < -0.39 is 0 Å². The molecule has 0 aromatic heterocycles. The van der Waals surface area contributed by atoms with Gasteiger partial charge in [-0.1, -0.05) is 6.07 Å². The van der Waals surface area contributed by atoms with Crippen LogP contribution in [-0.2, 0) is 11.3 Å². The fraction of sp³-hybridized carbons (Fsp3) is 0.588. The lowest BCUT2D eigenvalue weighted by Crippen LogP contribution is -2.31. The van der Waals surface area contributed by atoms with Crippen molar-refractivity contribution in [1.82, 2.24) is 9.80 Å². The van der Waals surface area contributed by atoms with Crippen molar-refractivity contribution in [2.45, 2.75) is 32.9 Å². The molecule has 0 radical (unpaired) electrons. The number of hydrogen-bond acceptors (Lipinski definition) is 3. The van der Waals surface area contributed by atoms with Crippen molar-refractivity contribution < 1.29 is 4.79 Å². The molecule has 21 heavy (non-hydrogen) atoms. The minimum absolute atomic E-state index is 0.104. The highest BCUT2D eigenvalue weighted by atomic mass is 16.2. The van der Waals surface area contributed by atoms with Crippen LogP contribution in [0.1, 0.15) is 24.5 Å². The smallest absolute Gasteiger partial charge is 0.219 e. The molecule has 1 aromatic rings. The summed E-state index contributed by atoms with van der Waals surface area (Å²) in [5.74, 6) is 0.104. The Kier molecular flexibility index (Phi) is 4.88. The van der Waals surface area contributed by atoms with E-state index in [1.807, 2.05) is 7.05 Å². The Bertz CT molecular complexity index is 513. The van der Waals surface area contributed by atoms with Crippen molar-refractivity contribution in [3.05, 3.63) is 29.3 Å². The van der Waals surface area contributed by atoms with Crippen molar-refractivity contribution in [2.75, 3.05) is 39.1 Å². The van der Waals surface area contributed by atoms with Gasteiger partial charge in [0.1, 0.15) is 0 Å². The molecule has 4 nitrogen and oxygen atoms in total. The van der Waals surface area contributed by atoms with E-state index in [4.69, 9.17) is 0 Å². The van der Waals surface area contributed by atoms with Gasteiger partial charge in [-0.15, -0.1) is 0 Å². The molecule has 1 aliphatic rings. The summed E-state index contributed by atoms with van der Waals surface area (Å²) in [5, 5.41) is 0. The van der Waals surface area contributed by atoms with Crippen molar-refractivity contribution in [3.8, 4) is 0 Å². The third-order valence-corrected chi connectivity index (χ3v) is 4.53. The number of benzene rings is 1. The average Bonchev–Trinajstić information content (AvgIpc) is 2.90. The highest BCUT2D eigenvalue weighted by Gasteiger charge is 2.24. The van der Waals surface area contributed by atoms with Crippen LogP contribution in [-0.4, -0.2) is 56.0 Å². The van der Waals surface area contributed by atoms with Crippen molar-refractivity contribution in [3.63, 3.8) is 0 Å². The van der Waals surface area contributed by atoms with Gasteiger partial charge in [0.05, 0.1) is 0 Å². The van der Waals surface area contributed by atoms with Gasteiger partial charge in [-0.3, -0.25) is 4.79 Å². The number of nitrogens with zero attached hydrogens (tertiary/aromatic N) is 3. The highest BCUT2D eigenvalue weighted by Crippen LogP contribution is 2.25. The van der Waals surface area contributed by atoms with Gasteiger partial charge in [0.15, 0.2) is 0 Å². The molecule has 1 fully saturated rings. The first-order valence-electron chi connectivity index (χ1n) is 7.61. The summed E-state index contributed by atoms with van der Waals surface area (Å²) in [6.45, 7) is 6.64. The van der Waals surface area contributed by atoms with E-state index in [-0.39, 0.29) is 5.91 Å². The molecule has 1 aromatic carbocycles. The molecule has 1 unspecified atom stereocenters. The second-order valence-corrected chi connectivity index (χ2v) is 6.34. The van der Waals surface area contributed by atoms with E-state index in [0.29, 0.717) is 12.6 Å². The lowest BCUT2D eigenvalue weighted by atomic mass is 10.1. The predicted octanol–water partition coefficient (Wildman–Crippen LogP) is 2.11. The Morgan fingerprint density at radius 3 is 2.57 bits per heavy atom. The van der Waals surface area contributed by atoms with Crippen LogP contribution >= 0.6 is 0 Å². The summed E-state index contributed by atoms with van der Waals surface area (Å²) in [4.78, 5) is 17.9. The van der Waals surface area contributed by atoms with E-state index in [2.05, 4.69) is 49.0 Å². The fourth-order valence-corrected chi connectivity index (χ4v) is 2.82. The third kappa shape index (κ3) is 3.76. The van der Waals surface area contributed by atoms with Crippen LogP contribution in [0.3, 0.4) is 0 Å². The van der Waals surface area contributed by atoms with Gasteiger partial charge in [0, 0.05) is 45.3 Å². The summed E-state index contributed by atoms with van der Waals surface area (Å²) >= 11 is 0. The lowest BCUT2D eigenvalue weighted by molar-refractivity contribution is -0.128. The van der Waals surface area contributed by atoms with Crippen LogP contribution in [0.25, 0.3) is 0 Å². The van der Waals surface area contributed by atoms with Crippen LogP contribution in [0, 0.1) is 6.92 Å². The van der Waals surface area contributed by atoms with Crippen molar-refractivity contribution in [2.24, 2.45) is 0 Å². The maximum atomic E-state index is 11.3. The minimum Gasteiger partial charge on any atom is -0.370 e. The number of carbonyl (C=O) groups is 1. The number of hydrogen-bond donors (Lipinski definition) is 0. The molecule has 0 N–H and O–H groups in total. The topological polar surface area (TPSA) is 26.8 Å². The standard InChI is InChI=1S/C17H27N3O/c1-13-10-16(20-9-8-17(12-20)18(3)4)7-6-15(13)11-19(5)14(2)21/h6-7,10,17H,8-9,11-12H2,1-5H3. The molecule has 0 saturated carbocycles. The second kappa shape index (κ2) is 6.48. The Morgan fingerprint density at radius 2 is 2.05 bits per heavy atom. The number of aryl methyl sites for hydroxylation is 1. The summed E-state index contributed by atoms with van der Waals surface area (Å²) in [5.41, 5.74) is 3.78. The van der Waals surface area contributed by atoms with Crippen LogP contribution < -0.4 is 4.90 Å². The number of carbonyl (C=O) groups excluding carboxylic acids is 1. The van der Waals surface area contributed by atoms with E-state index >= 15 is 0 Å². The highest BCUT2D eigenvalue weighted by molar-refractivity contribution is 5.72. The van der Waals surface area contributed by atoms with Crippen LogP contribution in [0.2, 0.25) is 0 Å². The third-order valence-electron chi connectivity index (χ3n) is 4.53. The summed E-state index contributed by atoms with van der Waals surface area (Å²) in [6, 6.07) is 7.25. The van der Waals surface area contributed by atoms with Crippen LogP contribution in [0.5, 0.6) is 0 Å². The molecule has 2 rings (SSSR count). The molecule has 0 spiro atoms. The summed E-state index contributed by atoms with van der Waals surface area (Å²) in [7, 11) is 6.15. The molecule has 1 atom stereocenters. The zero-order valence-corrected chi connectivity index (χ0v) is 13.9. The predicted molar refractivity (Wildman–Crippen MR) is 87.6 cm³/mol. The molecule has 1 saturated heterocycles. The molecule has 1 heterocycles.